The van der Waals surface area contributed by atoms with Crippen molar-refractivity contribution in [2.45, 2.75) is 6.61 Å². The Morgan fingerprint density at radius 3 is 2.69 bits per heavy atom. The zero-order valence-corrected chi connectivity index (χ0v) is 14.5. The van der Waals surface area contributed by atoms with Crippen molar-refractivity contribution in [1.82, 2.24) is 5.32 Å². The van der Waals surface area contributed by atoms with Crippen molar-refractivity contribution in [2.75, 3.05) is 13.7 Å². The summed E-state index contributed by atoms with van der Waals surface area (Å²) in [5.74, 6) is -0.778. The number of carbonyl (C=O) groups is 2. The third-order valence-electron chi connectivity index (χ3n) is 3.34. The Balaban J connectivity index is 1.89. The third-order valence-corrected chi connectivity index (χ3v) is 3.58. The maximum Gasteiger partial charge on any atom is 0.325 e. The molecule has 2 aromatic rings. The van der Waals surface area contributed by atoms with Crippen molar-refractivity contribution in [2.24, 2.45) is 0 Å². The Bertz CT molecular complexity index is 840. The minimum Gasteiger partial charge on any atom is -0.496 e. The van der Waals surface area contributed by atoms with Crippen LogP contribution in [0.2, 0.25) is 5.02 Å². The highest BCUT2D eigenvalue weighted by Gasteiger charge is 2.13. The van der Waals surface area contributed by atoms with Crippen molar-refractivity contribution in [1.29, 1.82) is 0 Å². The monoisotopic (exact) mass is 378 g/mol. The number of esters is 1. The number of nitrogens with one attached hydrogen (secondary N) is 1. The van der Waals surface area contributed by atoms with Crippen LogP contribution in [0.25, 0.3) is 0 Å². The SMILES string of the molecule is COc1ccc(Cl)cc1COC(=O)CNC(=O)c1cccc([N+](=O)[O-])c1. The van der Waals surface area contributed by atoms with Gasteiger partial charge in [-0.3, -0.25) is 19.7 Å². The summed E-state index contributed by atoms with van der Waals surface area (Å²) in [5, 5.41) is 13.5. The van der Waals surface area contributed by atoms with Gasteiger partial charge >= 0.3 is 5.97 Å². The molecule has 0 saturated heterocycles. The number of ether oxygens (including phenoxy) is 2. The lowest BCUT2D eigenvalue weighted by atomic mass is 10.2. The molecule has 9 heteroatoms. The van der Waals surface area contributed by atoms with Crippen LogP contribution in [0.3, 0.4) is 0 Å². The predicted molar refractivity (Wildman–Crippen MR) is 93.2 cm³/mol. The van der Waals surface area contributed by atoms with Gasteiger partial charge in [0, 0.05) is 28.3 Å². The fourth-order valence-electron chi connectivity index (χ4n) is 2.08. The first kappa shape index (κ1) is 19.2. The Labute approximate surface area is 153 Å². The second-order valence-corrected chi connectivity index (χ2v) is 5.54. The molecule has 2 rings (SSSR count). The lowest BCUT2D eigenvalue weighted by Crippen LogP contribution is -2.30. The predicted octanol–water partition coefficient (Wildman–Crippen LogP) is 2.73. The molecule has 0 spiro atoms. The molecule has 0 aliphatic carbocycles. The van der Waals surface area contributed by atoms with Gasteiger partial charge in [0.05, 0.1) is 12.0 Å². The summed E-state index contributed by atoms with van der Waals surface area (Å²) in [5.41, 5.74) is 0.440. The number of carbonyl (C=O) groups excluding carboxylic acids is 2. The van der Waals surface area contributed by atoms with E-state index in [4.69, 9.17) is 21.1 Å². The Kier molecular flexibility index (Phi) is 6.51. The van der Waals surface area contributed by atoms with Gasteiger partial charge < -0.3 is 14.8 Å². The van der Waals surface area contributed by atoms with Gasteiger partial charge in [0.25, 0.3) is 11.6 Å². The van der Waals surface area contributed by atoms with E-state index in [9.17, 15) is 19.7 Å². The summed E-state index contributed by atoms with van der Waals surface area (Å²) >= 11 is 5.89. The molecule has 0 aromatic heterocycles. The minimum atomic E-state index is -0.675. The van der Waals surface area contributed by atoms with E-state index in [1.54, 1.807) is 18.2 Å². The molecule has 0 saturated carbocycles. The molecule has 136 valence electrons. The van der Waals surface area contributed by atoms with Crippen molar-refractivity contribution in [3.05, 3.63) is 68.7 Å². The summed E-state index contributed by atoms with van der Waals surface area (Å²) in [6.45, 7) is -0.459. The van der Waals surface area contributed by atoms with E-state index in [1.807, 2.05) is 0 Å². The van der Waals surface area contributed by atoms with Crippen LogP contribution in [0.1, 0.15) is 15.9 Å². The lowest BCUT2D eigenvalue weighted by molar-refractivity contribution is -0.384. The number of hydrogen-bond donors (Lipinski definition) is 1. The summed E-state index contributed by atoms with van der Waals surface area (Å²) in [4.78, 5) is 33.9. The lowest BCUT2D eigenvalue weighted by Gasteiger charge is -2.10. The van der Waals surface area contributed by atoms with E-state index in [0.29, 0.717) is 16.3 Å². The highest BCUT2D eigenvalue weighted by atomic mass is 35.5. The molecule has 0 aliphatic heterocycles. The molecule has 26 heavy (non-hydrogen) atoms. The number of amides is 1. The molecular weight excluding hydrogens is 364 g/mol. The Morgan fingerprint density at radius 1 is 1.23 bits per heavy atom. The smallest absolute Gasteiger partial charge is 0.325 e. The van der Waals surface area contributed by atoms with Gasteiger partial charge in [-0.25, -0.2) is 0 Å². The molecule has 0 bridgehead atoms. The topological polar surface area (TPSA) is 108 Å². The highest BCUT2D eigenvalue weighted by Crippen LogP contribution is 2.23. The number of nitrogens with zero attached hydrogens (tertiary/aromatic N) is 1. The minimum absolute atomic E-state index is 0.0727. The van der Waals surface area contributed by atoms with Crippen LogP contribution in [0.4, 0.5) is 5.69 Å². The molecule has 0 atom stereocenters. The molecule has 2 aromatic carbocycles. The average Bonchev–Trinajstić information content (AvgIpc) is 2.64. The van der Waals surface area contributed by atoms with Crippen LogP contribution < -0.4 is 10.1 Å². The van der Waals surface area contributed by atoms with E-state index in [-0.39, 0.29) is 24.4 Å². The fourth-order valence-corrected chi connectivity index (χ4v) is 2.28. The number of halogens is 1. The summed E-state index contributed by atoms with van der Waals surface area (Å²) < 4.78 is 10.2. The number of methoxy groups -OCH3 is 1. The van der Waals surface area contributed by atoms with Crippen LogP contribution in [-0.2, 0) is 16.1 Å². The summed E-state index contributed by atoms with van der Waals surface area (Å²) in [6.07, 6.45) is 0. The first-order valence-corrected chi connectivity index (χ1v) is 7.79. The maximum atomic E-state index is 12.0. The normalized spacial score (nSPS) is 10.1. The van der Waals surface area contributed by atoms with Gasteiger partial charge in [-0.1, -0.05) is 17.7 Å². The molecule has 0 unspecified atom stereocenters. The van der Waals surface area contributed by atoms with Gasteiger partial charge in [0.15, 0.2) is 0 Å². The number of nitro groups is 1. The largest absolute Gasteiger partial charge is 0.496 e. The van der Waals surface area contributed by atoms with Gasteiger partial charge in [-0.15, -0.1) is 0 Å². The van der Waals surface area contributed by atoms with E-state index < -0.39 is 16.8 Å². The molecule has 0 fully saturated rings. The second-order valence-electron chi connectivity index (χ2n) is 5.11. The van der Waals surface area contributed by atoms with Gasteiger partial charge in [0.1, 0.15) is 18.9 Å². The van der Waals surface area contributed by atoms with E-state index in [1.165, 1.54) is 25.3 Å². The van der Waals surface area contributed by atoms with Crippen molar-refractivity contribution in [3.8, 4) is 5.75 Å². The molecule has 0 radical (unpaired) electrons. The van der Waals surface area contributed by atoms with Gasteiger partial charge in [0.2, 0.25) is 0 Å². The van der Waals surface area contributed by atoms with E-state index >= 15 is 0 Å². The number of nitro benzene ring substituents is 1. The van der Waals surface area contributed by atoms with E-state index in [2.05, 4.69) is 5.32 Å². The number of rotatable bonds is 7. The van der Waals surface area contributed by atoms with Gasteiger partial charge in [-0.05, 0) is 24.3 Å². The first-order chi connectivity index (χ1) is 12.4. The molecule has 0 aliphatic rings. The number of benzene rings is 2. The molecule has 1 N–H and O–H groups in total. The van der Waals surface area contributed by atoms with Crippen LogP contribution in [0, 0.1) is 10.1 Å². The third kappa shape index (κ3) is 5.18. The summed E-state index contributed by atoms with van der Waals surface area (Å²) in [6, 6.07) is 10.1. The Morgan fingerprint density at radius 2 is 2.00 bits per heavy atom. The zero-order valence-electron chi connectivity index (χ0n) is 13.7. The first-order valence-electron chi connectivity index (χ1n) is 7.41. The average molecular weight is 379 g/mol. The van der Waals surface area contributed by atoms with E-state index in [0.717, 1.165) is 6.07 Å². The number of hydrogen-bond acceptors (Lipinski definition) is 6. The van der Waals surface area contributed by atoms with Crippen LogP contribution in [0.15, 0.2) is 42.5 Å². The van der Waals surface area contributed by atoms with Crippen molar-refractivity contribution in [3.63, 3.8) is 0 Å². The maximum absolute atomic E-state index is 12.0. The van der Waals surface area contributed by atoms with Crippen LogP contribution in [-0.4, -0.2) is 30.5 Å². The van der Waals surface area contributed by atoms with Crippen molar-refractivity contribution < 1.29 is 24.0 Å². The summed E-state index contributed by atoms with van der Waals surface area (Å²) in [7, 11) is 1.48. The van der Waals surface area contributed by atoms with Crippen LogP contribution in [0.5, 0.6) is 5.75 Å². The van der Waals surface area contributed by atoms with Crippen molar-refractivity contribution >= 4 is 29.2 Å². The van der Waals surface area contributed by atoms with Crippen LogP contribution >= 0.6 is 11.6 Å². The zero-order chi connectivity index (χ0) is 19.1. The molecule has 1 amide bonds. The molecule has 8 nitrogen and oxygen atoms in total. The highest BCUT2D eigenvalue weighted by molar-refractivity contribution is 6.30. The van der Waals surface area contributed by atoms with Gasteiger partial charge in [-0.2, -0.15) is 0 Å². The fraction of sp³-hybridized carbons (Fsp3) is 0.176. The number of non-ortho nitro benzene ring substituents is 1. The molecular formula is C17H15ClN2O6. The quantitative estimate of drug-likeness (QED) is 0.451. The standard InChI is InChI=1S/C17H15ClN2O6/c1-25-15-6-5-13(18)7-12(15)10-26-16(21)9-19-17(22)11-3-2-4-14(8-11)20(23)24/h2-8H,9-10H2,1H3,(H,19,22). The second kappa shape index (κ2) is 8.82. The Hall–Kier alpha value is -3.13. The molecule has 0 heterocycles.